The van der Waals surface area contributed by atoms with Gasteiger partial charge in [-0.15, -0.1) is 11.3 Å². The zero-order valence-electron chi connectivity index (χ0n) is 14.5. The van der Waals surface area contributed by atoms with E-state index in [2.05, 4.69) is 21.7 Å². The quantitative estimate of drug-likeness (QED) is 0.814. The van der Waals surface area contributed by atoms with Gasteiger partial charge in [0.25, 0.3) is 0 Å². The molecular formula is C19H20N2O4S. The fraction of sp³-hybridized carbons (Fsp3) is 0.368. The van der Waals surface area contributed by atoms with Gasteiger partial charge in [0.05, 0.1) is 12.2 Å². The standard InChI is InChI=1S/C19H20N2O4S/c1-12(22)13-8-16-17(25-11-24-16)9-14(13)20-19(23)10-21-6-2-4-15(21)18-5-3-7-26-18/h3,5,7-9,15H,2,4,6,10-11H2,1H3,(H,20,23). The Morgan fingerprint density at radius 2 is 2.12 bits per heavy atom. The summed E-state index contributed by atoms with van der Waals surface area (Å²) in [5.74, 6) is 0.819. The number of ether oxygens (including phenoxy) is 2. The number of rotatable bonds is 5. The number of benzene rings is 1. The van der Waals surface area contributed by atoms with Crippen molar-refractivity contribution < 1.29 is 19.1 Å². The second-order valence-electron chi connectivity index (χ2n) is 6.50. The molecule has 0 radical (unpaired) electrons. The Bertz CT molecular complexity index is 834. The van der Waals surface area contributed by atoms with Gasteiger partial charge in [0.15, 0.2) is 17.3 Å². The van der Waals surface area contributed by atoms with E-state index in [0.717, 1.165) is 19.4 Å². The molecule has 0 bridgehead atoms. The summed E-state index contributed by atoms with van der Waals surface area (Å²) in [7, 11) is 0. The van der Waals surface area contributed by atoms with Crippen molar-refractivity contribution in [2.24, 2.45) is 0 Å². The Balaban J connectivity index is 1.49. The molecule has 2 aliphatic rings. The summed E-state index contributed by atoms with van der Waals surface area (Å²) in [6.07, 6.45) is 2.15. The highest BCUT2D eigenvalue weighted by Crippen LogP contribution is 2.38. The zero-order chi connectivity index (χ0) is 18.1. The molecule has 2 aromatic rings. The van der Waals surface area contributed by atoms with Crippen LogP contribution in [0.1, 0.15) is 41.0 Å². The Kier molecular flexibility index (Phi) is 4.65. The van der Waals surface area contributed by atoms with E-state index in [1.807, 2.05) is 6.07 Å². The van der Waals surface area contributed by atoms with Crippen molar-refractivity contribution in [2.45, 2.75) is 25.8 Å². The number of likely N-dealkylation sites (tertiary alicyclic amines) is 1. The van der Waals surface area contributed by atoms with Gasteiger partial charge in [-0.1, -0.05) is 6.07 Å². The molecule has 1 aromatic heterocycles. The monoisotopic (exact) mass is 372 g/mol. The number of carbonyl (C=O) groups excluding carboxylic acids is 2. The first-order chi connectivity index (χ1) is 12.6. The lowest BCUT2D eigenvalue weighted by Gasteiger charge is -2.23. The molecule has 3 heterocycles. The average molecular weight is 372 g/mol. The predicted octanol–water partition coefficient (Wildman–Crippen LogP) is 3.46. The van der Waals surface area contributed by atoms with Gasteiger partial charge in [0, 0.05) is 22.5 Å². The van der Waals surface area contributed by atoms with E-state index in [1.165, 1.54) is 11.8 Å². The number of ketones is 1. The van der Waals surface area contributed by atoms with E-state index in [0.29, 0.717) is 35.3 Å². The molecule has 1 amide bonds. The van der Waals surface area contributed by atoms with Crippen molar-refractivity contribution in [1.29, 1.82) is 0 Å². The van der Waals surface area contributed by atoms with Crippen molar-refractivity contribution >= 4 is 28.7 Å². The number of hydrogen-bond donors (Lipinski definition) is 1. The van der Waals surface area contributed by atoms with Gasteiger partial charge in [-0.25, -0.2) is 0 Å². The first-order valence-corrected chi connectivity index (χ1v) is 9.51. The molecule has 0 saturated carbocycles. The maximum absolute atomic E-state index is 12.6. The summed E-state index contributed by atoms with van der Waals surface area (Å²) < 4.78 is 10.7. The summed E-state index contributed by atoms with van der Waals surface area (Å²) >= 11 is 1.73. The van der Waals surface area contributed by atoms with Crippen LogP contribution in [-0.2, 0) is 4.79 Å². The van der Waals surface area contributed by atoms with Gasteiger partial charge in [-0.05, 0) is 43.8 Å². The minimum absolute atomic E-state index is 0.125. The third-order valence-electron chi connectivity index (χ3n) is 4.75. The Morgan fingerprint density at radius 3 is 2.85 bits per heavy atom. The predicted molar refractivity (Wildman–Crippen MR) is 99.1 cm³/mol. The highest BCUT2D eigenvalue weighted by Gasteiger charge is 2.28. The largest absolute Gasteiger partial charge is 0.454 e. The van der Waals surface area contributed by atoms with Gasteiger partial charge in [0.1, 0.15) is 0 Å². The van der Waals surface area contributed by atoms with Crippen LogP contribution in [0.3, 0.4) is 0 Å². The van der Waals surface area contributed by atoms with Crippen LogP contribution >= 0.6 is 11.3 Å². The van der Waals surface area contributed by atoms with E-state index in [1.54, 1.807) is 23.5 Å². The molecule has 6 nitrogen and oxygen atoms in total. The first-order valence-electron chi connectivity index (χ1n) is 8.63. The number of nitrogens with one attached hydrogen (secondary N) is 1. The van der Waals surface area contributed by atoms with Gasteiger partial charge in [-0.2, -0.15) is 0 Å². The number of anilines is 1. The van der Waals surface area contributed by atoms with Crippen LogP contribution in [0.5, 0.6) is 11.5 Å². The minimum Gasteiger partial charge on any atom is -0.454 e. The lowest BCUT2D eigenvalue weighted by atomic mass is 10.1. The topological polar surface area (TPSA) is 67.9 Å². The molecule has 0 spiro atoms. The SMILES string of the molecule is CC(=O)c1cc2c(cc1NC(=O)CN1CCCC1c1cccs1)OCO2. The number of fused-ring (bicyclic) bond motifs is 1. The average Bonchev–Trinajstić information content (AvgIpc) is 3.34. The summed E-state index contributed by atoms with van der Waals surface area (Å²) in [4.78, 5) is 28.1. The summed E-state index contributed by atoms with van der Waals surface area (Å²) in [6, 6.07) is 7.76. The zero-order valence-corrected chi connectivity index (χ0v) is 15.3. The van der Waals surface area contributed by atoms with Crippen molar-refractivity contribution in [3.05, 3.63) is 40.1 Å². The number of Topliss-reactive ketones (excluding diaryl/α,β-unsaturated/α-hetero) is 1. The highest BCUT2D eigenvalue weighted by atomic mass is 32.1. The van der Waals surface area contributed by atoms with Crippen LogP contribution in [0.4, 0.5) is 5.69 Å². The highest BCUT2D eigenvalue weighted by molar-refractivity contribution is 7.10. The summed E-state index contributed by atoms with van der Waals surface area (Å²) in [5.41, 5.74) is 0.900. The molecule has 4 rings (SSSR count). The first kappa shape index (κ1) is 17.1. The maximum atomic E-state index is 12.6. The maximum Gasteiger partial charge on any atom is 0.238 e. The Morgan fingerprint density at radius 1 is 1.31 bits per heavy atom. The second kappa shape index (κ2) is 7.09. The van der Waals surface area contributed by atoms with E-state index in [-0.39, 0.29) is 18.5 Å². The molecule has 136 valence electrons. The van der Waals surface area contributed by atoms with Gasteiger partial charge < -0.3 is 14.8 Å². The molecule has 26 heavy (non-hydrogen) atoms. The Hall–Kier alpha value is -2.38. The molecule has 1 fully saturated rings. The molecule has 1 unspecified atom stereocenters. The lowest BCUT2D eigenvalue weighted by molar-refractivity contribution is -0.117. The second-order valence-corrected chi connectivity index (χ2v) is 7.48. The van der Waals surface area contributed by atoms with E-state index < -0.39 is 0 Å². The lowest BCUT2D eigenvalue weighted by Crippen LogP contribution is -2.33. The van der Waals surface area contributed by atoms with Crippen molar-refractivity contribution in [2.75, 3.05) is 25.2 Å². The summed E-state index contributed by atoms with van der Waals surface area (Å²) in [6.45, 7) is 2.80. The summed E-state index contributed by atoms with van der Waals surface area (Å²) in [5, 5.41) is 4.95. The van der Waals surface area contributed by atoms with Gasteiger partial charge >= 0.3 is 0 Å². The molecule has 1 saturated heterocycles. The molecule has 1 N–H and O–H groups in total. The number of hydrogen-bond acceptors (Lipinski definition) is 6. The molecule has 2 aliphatic heterocycles. The van der Waals surface area contributed by atoms with Crippen LogP contribution in [-0.4, -0.2) is 36.5 Å². The fourth-order valence-corrected chi connectivity index (χ4v) is 4.42. The molecule has 0 aliphatic carbocycles. The third-order valence-corrected chi connectivity index (χ3v) is 5.72. The third kappa shape index (κ3) is 3.32. The van der Waals surface area contributed by atoms with Crippen molar-refractivity contribution in [3.63, 3.8) is 0 Å². The van der Waals surface area contributed by atoms with Crippen LogP contribution in [0.25, 0.3) is 0 Å². The Labute approximate surface area is 155 Å². The van der Waals surface area contributed by atoms with Crippen LogP contribution < -0.4 is 14.8 Å². The van der Waals surface area contributed by atoms with Crippen LogP contribution in [0.15, 0.2) is 29.6 Å². The van der Waals surface area contributed by atoms with Crippen molar-refractivity contribution in [3.8, 4) is 11.5 Å². The smallest absolute Gasteiger partial charge is 0.238 e. The normalized spacial score (nSPS) is 18.9. The number of carbonyl (C=O) groups is 2. The molecule has 1 atom stereocenters. The number of nitrogens with zero attached hydrogens (tertiary/aromatic N) is 1. The fourth-order valence-electron chi connectivity index (χ4n) is 3.53. The van der Waals surface area contributed by atoms with Crippen LogP contribution in [0.2, 0.25) is 0 Å². The number of thiophene rings is 1. The molecule has 1 aromatic carbocycles. The van der Waals surface area contributed by atoms with E-state index in [9.17, 15) is 9.59 Å². The minimum atomic E-state index is -0.130. The molecular weight excluding hydrogens is 352 g/mol. The molecule has 7 heteroatoms. The van der Waals surface area contributed by atoms with Crippen LogP contribution in [0, 0.1) is 0 Å². The van der Waals surface area contributed by atoms with E-state index in [4.69, 9.17) is 9.47 Å². The van der Waals surface area contributed by atoms with Gasteiger partial charge in [0.2, 0.25) is 12.7 Å². The van der Waals surface area contributed by atoms with Crippen molar-refractivity contribution in [1.82, 2.24) is 4.90 Å². The number of amides is 1. The van der Waals surface area contributed by atoms with E-state index >= 15 is 0 Å². The van der Waals surface area contributed by atoms with Gasteiger partial charge in [-0.3, -0.25) is 14.5 Å².